The average molecular weight is 346 g/mol. The van der Waals surface area contributed by atoms with Crippen LogP contribution in [0.15, 0.2) is 18.2 Å². The molecule has 1 amide bonds. The number of aryl methyl sites for hydroxylation is 2. The van der Waals surface area contributed by atoms with Gasteiger partial charge >= 0.3 is 0 Å². The fraction of sp³-hybridized carbons (Fsp3) is 0.444. The minimum Gasteiger partial charge on any atom is -0.493 e. The lowest BCUT2D eigenvalue weighted by Crippen LogP contribution is -2.37. The molecule has 2 aromatic rings. The van der Waals surface area contributed by atoms with Gasteiger partial charge < -0.3 is 14.8 Å². The number of benzene rings is 1. The summed E-state index contributed by atoms with van der Waals surface area (Å²) in [5.41, 5.74) is 2.09. The van der Waals surface area contributed by atoms with E-state index in [1.807, 2.05) is 25.1 Å². The minimum atomic E-state index is -0.177. The molecule has 1 atom stereocenters. The highest BCUT2D eigenvalue weighted by Crippen LogP contribution is 2.36. The quantitative estimate of drug-likeness (QED) is 0.904. The lowest BCUT2D eigenvalue weighted by molar-refractivity contribution is -0.126. The van der Waals surface area contributed by atoms with E-state index in [0.717, 1.165) is 39.1 Å². The number of hydrogen-bond donors (Lipinski definition) is 1. The molecular formula is C18H22N2O3S. The Hall–Kier alpha value is -2.08. The van der Waals surface area contributed by atoms with Gasteiger partial charge in [-0.3, -0.25) is 4.79 Å². The number of para-hydroxylation sites is 1. The number of ether oxygens (including phenoxy) is 2. The molecule has 6 heteroatoms. The van der Waals surface area contributed by atoms with Crippen LogP contribution in [0.2, 0.25) is 0 Å². The van der Waals surface area contributed by atoms with Gasteiger partial charge in [0.15, 0.2) is 11.5 Å². The Balaban J connectivity index is 1.64. The zero-order valence-corrected chi connectivity index (χ0v) is 15.0. The van der Waals surface area contributed by atoms with Gasteiger partial charge in [-0.05, 0) is 31.4 Å². The summed E-state index contributed by atoms with van der Waals surface area (Å²) in [6.07, 6.45) is 1.55. The van der Waals surface area contributed by atoms with Crippen molar-refractivity contribution >= 4 is 17.2 Å². The summed E-state index contributed by atoms with van der Waals surface area (Å²) in [7, 11) is 1.63. The first-order chi connectivity index (χ1) is 11.6. The van der Waals surface area contributed by atoms with E-state index in [1.165, 1.54) is 0 Å². The Morgan fingerprint density at radius 2 is 2.33 bits per heavy atom. The molecule has 24 heavy (non-hydrogen) atoms. The summed E-state index contributed by atoms with van der Waals surface area (Å²) >= 11 is 1.65. The van der Waals surface area contributed by atoms with Gasteiger partial charge in [0.25, 0.3) is 0 Å². The number of carbonyl (C=O) groups is 1. The third-order valence-corrected chi connectivity index (χ3v) is 5.20. The second-order valence-corrected chi connectivity index (χ2v) is 7.12. The van der Waals surface area contributed by atoms with Crippen LogP contribution in [0.3, 0.4) is 0 Å². The van der Waals surface area contributed by atoms with E-state index in [2.05, 4.69) is 17.2 Å². The van der Waals surface area contributed by atoms with Crippen LogP contribution in [0.5, 0.6) is 11.5 Å². The standard InChI is InChI=1S/C18H22N2O3S/c1-4-14-16(24-11(2)20-14)9-19-18(21)13-8-12-6-5-7-15(22-3)17(12)23-10-13/h5-7,13H,4,8-10H2,1-3H3,(H,19,21)/t13-/m1/s1. The van der Waals surface area contributed by atoms with E-state index >= 15 is 0 Å². The van der Waals surface area contributed by atoms with Crippen LogP contribution < -0.4 is 14.8 Å². The summed E-state index contributed by atoms with van der Waals surface area (Å²) in [5, 5.41) is 4.08. The van der Waals surface area contributed by atoms with Crippen LogP contribution >= 0.6 is 11.3 Å². The van der Waals surface area contributed by atoms with Crippen molar-refractivity contribution in [2.45, 2.75) is 33.2 Å². The summed E-state index contributed by atoms with van der Waals surface area (Å²) in [4.78, 5) is 18.1. The predicted molar refractivity (Wildman–Crippen MR) is 93.8 cm³/mol. The van der Waals surface area contributed by atoms with Gasteiger partial charge in [-0.15, -0.1) is 11.3 Å². The first-order valence-corrected chi connectivity index (χ1v) is 8.95. The summed E-state index contributed by atoms with van der Waals surface area (Å²) < 4.78 is 11.1. The number of carbonyl (C=O) groups excluding carboxylic acids is 1. The SMILES string of the molecule is CCc1nc(C)sc1CNC(=O)[C@H]1COc2c(cccc2OC)C1. The molecule has 1 aliphatic rings. The molecule has 1 aromatic heterocycles. The third-order valence-electron chi connectivity index (χ3n) is 4.19. The molecule has 1 aromatic carbocycles. The molecule has 0 aliphatic carbocycles. The fourth-order valence-corrected chi connectivity index (χ4v) is 3.93. The molecule has 0 unspecified atom stereocenters. The van der Waals surface area contributed by atoms with Crippen molar-refractivity contribution in [1.29, 1.82) is 0 Å². The number of thiazole rings is 1. The van der Waals surface area contributed by atoms with Crippen molar-refractivity contribution in [2.75, 3.05) is 13.7 Å². The van der Waals surface area contributed by atoms with E-state index in [1.54, 1.807) is 18.4 Å². The first kappa shape index (κ1) is 16.8. The molecule has 2 heterocycles. The Morgan fingerprint density at radius 3 is 3.08 bits per heavy atom. The highest BCUT2D eigenvalue weighted by Gasteiger charge is 2.27. The van der Waals surface area contributed by atoms with Gasteiger partial charge in [0.05, 0.1) is 30.3 Å². The maximum absolute atomic E-state index is 12.5. The second kappa shape index (κ2) is 7.21. The van der Waals surface area contributed by atoms with Crippen LogP contribution in [-0.2, 0) is 24.2 Å². The van der Waals surface area contributed by atoms with Crippen LogP contribution in [0, 0.1) is 12.8 Å². The van der Waals surface area contributed by atoms with E-state index in [4.69, 9.17) is 9.47 Å². The molecule has 1 aliphatic heterocycles. The van der Waals surface area contributed by atoms with Crippen molar-refractivity contribution in [2.24, 2.45) is 5.92 Å². The van der Waals surface area contributed by atoms with E-state index in [-0.39, 0.29) is 11.8 Å². The highest BCUT2D eigenvalue weighted by molar-refractivity contribution is 7.11. The number of aromatic nitrogens is 1. The molecule has 0 fully saturated rings. The maximum Gasteiger partial charge on any atom is 0.227 e. The Morgan fingerprint density at radius 1 is 1.50 bits per heavy atom. The molecule has 0 radical (unpaired) electrons. The molecule has 5 nitrogen and oxygen atoms in total. The number of amides is 1. The Bertz CT molecular complexity index is 742. The average Bonchev–Trinajstić information content (AvgIpc) is 2.98. The van der Waals surface area contributed by atoms with Gasteiger partial charge in [-0.2, -0.15) is 0 Å². The molecule has 0 saturated carbocycles. The molecule has 0 spiro atoms. The van der Waals surface area contributed by atoms with Gasteiger partial charge in [0.1, 0.15) is 6.61 Å². The molecule has 0 saturated heterocycles. The lowest BCUT2D eigenvalue weighted by Gasteiger charge is -2.25. The zero-order chi connectivity index (χ0) is 17.1. The normalized spacial score (nSPS) is 16.2. The molecule has 3 rings (SSSR count). The topological polar surface area (TPSA) is 60.5 Å². The maximum atomic E-state index is 12.5. The zero-order valence-electron chi connectivity index (χ0n) is 14.2. The van der Waals surface area contributed by atoms with Gasteiger partial charge in [0, 0.05) is 4.88 Å². The third kappa shape index (κ3) is 3.38. The highest BCUT2D eigenvalue weighted by atomic mass is 32.1. The minimum absolute atomic E-state index is 0.0246. The van der Waals surface area contributed by atoms with Crippen molar-refractivity contribution in [3.63, 3.8) is 0 Å². The van der Waals surface area contributed by atoms with Crippen LogP contribution in [0.25, 0.3) is 0 Å². The largest absolute Gasteiger partial charge is 0.493 e. The van der Waals surface area contributed by atoms with Gasteiger partial charge in [-0.25, -0.2) is 4.98 Å². The number of nitrogens with zero attached hydrogens (tertiary/aromatic N) is 1. The Kier molecular flexibility index (Phi) is 5.04. The molecule has 1 N–H and O–H groups in total. The lowest BCUT2D eigenvalue weighted by atomic mass is 9.95. The van der Waals surface area contributed by atoms with Gasteiger partial charge in [0.2, 0.25) is 5.91 Å². The van der Waals surface area contributed by atoms with Gasteiger partial charge in [-0.1, -0.05) is 19.1 Å². The molecular weight excluding hydrogens is 324 g/mol. The van der Waals surface area contributed by atoms with E-state index in [9.17, 15) is 4.79 Å². The van der Waals surface area contributed by atoms with Crippen molar-refractivity contribution in [3.05, 3.63) is 39.3 Å². The van der Waals surface area contributed by atoms with E-state index < -0.39 is 0 Å². The van der Waals surface area contributed by atoms with Crippen molar-refractivity contribution in [3.8, 4) is 11.5 Å². The number of fused-ring (bicyclic) bond motifs is 1. The number of hydrogen-bond acceptors (Lipinski definition) is 5. The molecule has 128 valence electrons. The summed E-state index contributed by atoms with van der Waals surface area (Å²) in [6.45, 7) is 4.99. The fourth-order valence-electron chi connectivity index (χ4n) is 2.96. The van der Waals surface area contributed by atoms with Crippen LogP contribution in [-0.4, -0.2) is 24.6 Å². The summed E-state index contributed by atoms with van der Waals surface area (Å²) in [6, 6.07) is 5.78. The van der Waals surface area contributed by atoms with Crippen molar-refractivity contribution in [1.82, 2.24) is 10.3 Å². The number of methoxy groups -OCH3 is 1. The monoisotopic (exact) mass is 346 g/mol. The molecule has 0 bridgehead atoms. The van der Waals surface area contributed by atoms with Crippen molar-refractivity contribution < 1.29 is 14.3 Å². The first-order valence-electron chi connectivity index (χ1n) is 8.14. The smallest absolute Gasteiger partial charge is 0.227 e. The van der Waals surface area contributed by atoms with Crippen LogP contribution in [0.4, 0.5) is 0 Å². The predicted octanol–water partition coefficient (Wildman–Crippen LogP) is 2.89. The summed E-state index contributed by atoms with van der Waals surface area (Å²) in [5.74, 6) is 1.33. The van der Waals surface area contributed by atoms with E-state index in [0.29, 0.717) is 19.6 Å². The van der Waals surface area contributed by atoms with Crippen LogP contribution in [0.1, 0.15) is 28.1 Å². The Labute approximate surface area is 146 Å². The second-order valence-electron chi connectivity index (χ2n) is 5.83. The number of nitrogens with one attached hydrogen (secondary N) is 1. The number of rotatable bonds is 5.